The van der Waals surface area contributed by atoms with Crippen LogP contribution in [0.3, 0.4) is 0 Å². The van der Waals surface area contributed by atoms with Gasteiger partial charge in [0.25, 0.3) is 11.5 Å². The highest BCUT2D eigenvalue weighted by Gasteiger charge is 2.17. The summed E-state index contributed by atoms with van der Waals surface area (Å²) in [5, 5.41) is 0.679. The lowest BCUT2D eigenvalue weighted by Crippen LogP contribution is -2.25. The minimum absolute atomic E-state index is 0.0359. The van der Waals surface area contributed by atoms with Crippen molar-refractivity contribution in [3.63, 3.8) is 0 Å². The van der Waals surface area contributed by atoms with Crippen LogP contribution in [0.5, 0.6) is 0 Å². The van der Waals surface area contributed by atoms with Gasteiger partial charge in [-0.15, -0.1) is 0 Å². The van der Waals surface area contributed by atoms with Crippen molar-refractivity contribution in [1.82, 2.24) is 4.57 Å². The summed E-state index contributed by atoms with van der Waals surface area (Å²) < 4.78 is 15.2. The summed E-state index contributed by atoms with van der Waals surface area (Å²) in [7, 11) is 0. The molecular weight excluding hydrogens is 323 g/mol. The number of rotatable bonds is 2. The van der Waals surface area contributed by atoms with Gasteiger partial charge in [-0.1, -0.05) is 29.8 Å². The van der Waals surface area contributed by atoms with Crippen LogP contribution in [0.15, 0.2) is 58.4 Å². The van der Waals surface area contributed by atoms with Gasteiger partial charge in [0.2, 0.25) is 0 Å². The number of carbonyl (C=O) groups excluding carboxylic acids is 1. The molecule has 0 bridgehead atoms. The van der Waals surface area contributed by atoms with E-state index >= 15 is 0 Å². The normalized spacial score (nSPS) is 10.6. The van der Waals surface area contributed by atoms with Crippen LogP contribution in [0.25, 0.3) is 16.5 Å². The SMILES string of the molecule is Cc1ccc2c(=O)n(-c3ccccc3F)cc(C(=O)N=C(N)N)c2c1. The van der Waals surface area contributed by atoms with Gasteiger partial charge in [0.05, 0.1) is 11.3 Å². The Morgan fingerprint density at radius 1 is 1.12 bits per heavy atom. The average molecular weight is 338 g/mol. The van der Waals surface area contributed by atoms with Gasteiger partial charge in [-0.05, 0) is 25.1 Å². The van der Waals surface area contributed by atoms with Crippen molar-refractivity contribution in [2.45, 2.75) is 6.92 Å². The van der Waals surface area contributed by atoms with E-state index in [0.717, 1.165) is 10.1 Å². The largest absolute Gasteiger partial charge is 0.370 e. The predicted octanol–water partition coefficient (Wildman–Crippen LogP) is 1.85. The van der Waals surface area contributed by atoms with Gasteiger partial charge < -0.3 is 11.5 Å². The number of fused-ring (bicyclic) bond motifs is 1. The fourth-order valence-electron chi connectivity index (χ4n) is 2.63. The number of pyridine rings is 1. The third-order valence-corrected chi connectivity index (χ3v) is 3.75. The Morgan fingerprint density at radius 3 is 2.52 bits per heavy atom. The molecular formula is C18H15FN4O2. The molecule has 0 aliphatic heterocycles. The summed E-state index contributed by atoms with van der Waals surface area (Å²) in [6.45, 7) is 1.83. The highest BCUT2D eigenvalue weighted by atomic mass is 19.1. The predicted molar refractivity (Wildman–Crippen MR) is 94.4 cm³/mol. The van der Waals surface area contributed by atoms with E-state index in [4.69, 9.17) is 11.5 Å². The number of guanidine groups is 1. The molecule has 0 radical (unpaired) electrons. The number of benzene rings is 2. The van der Waals surface area contributed by atoms with Crippen molar-refractivity contribution >= 4 is 22.6 Å². The van der Waals surface area contributed by atoms with Crippen LogP contribution >= 0.6 is 0 Å². The molecule has 0 aliphatic carbocycles. The maximum Gasteiger partial charge on any atom is 0.282 e. The zero-order valence-corrected chi connectivity index (χ0v) is 13.4. The maximum absolute atomic E-state index is 14.2. The molecule has 0 saturated carbocycles. The van der Waals surface area contributed by atoms with Crippen molar-refractivity contribution < 1.29 is 9.18 Å². The van der Waals surface area contributed by atoms with Crippen LogP contribution < -0.4 is 17.0 Å². The zero-order chi connectivity index (χ0) is 18.1. The third-order valence-electron chi connectivity index (χ3n) is 3.75. The Labute approximate surface area is 142 Å². The van der Waals surface area contributed by atoms with Crippen LogP contribution in [-0.4, -0.2) is 16.4 Å². The van der Waals surface area contributed by atoms with Crippen molar-refractivity contribution in [2.75, 3.05) is 0 Å². The minimum Gasteiger partial charge on any atom is -0.370 e. The lowest BCUT2D eigenvalue weighted by molar-refractivity contribution is 0.100. The number of para-hydroxylation sites is 1. The molecule has 0 saturated heterocycles. The molecule has 0 aliphatic rings. The van der Waals surface area contributed by atoms with Crippen LogP contribution in [0.1, 0.15) is 15.9 Å². The second kappa shape index (κ2) is 6.20. The number of aryl methyl sites for hydroxylation is 1. The number of aromatic nitrogens is 1. The number of aliphatic imine (C=N–C) groups is 1. The van der Waals surface area contributed by atoms with Gasteiger partial charge in [-0.25, -0.2) is 4.39 Å². The molecule has 0 spiro atoms. The lowest BCUT2D eigenvalue weighted by atomic mass is 10.0. The average Bonchev–Trinajstić information content (AvgIpc) is 2.55. The molecule has 0 unspecified atom stereocenters. The Balaban J connectivity index is 2.42. The van der Waals surface area contributed by atoms with Crippen LogP contribution in [-0.2, 0) is 0 Å². The summed E-state index contributed by atoms with van der Waals surface area (Å²) in [4.78, 5) is 28.7. The second-order valence-electron chi connectivity index (χ2n) is 5.56. The molecule has 3 rings (SSSR count). The minimum atomic E-state index is -0.708. The quantitative estimate of drug-likeness (QED) is 0.550. The number of nitrogens with zero attached hydrogens (tertiary/aromatic N) is 2. The first-order valence-corrected chi connectivity index (χ1v) is 7.43. The van der Waals surface area contributed by atoms with Gasteiger partial charge in [-0.2, -0.15) is 4.99 Å². The third kappa shape index (κ3) is 2.99. The van der Waals surface area contributed by atoms with Gasteiger partial charge in [0.15, 0.2) is 5.96 Å². The van der Waals surface area contributed by atoms with E-state index in [1.165, 1.54) is 24.4 Å². The van der Waals surface area contributed by atoms with Crippen LogP contribution in [0.2, 0.25) is 0 Å². The number of halogens is 1. The van der Waals surface area contributed by atoms with E-state index in [1.807, 2.05) is 6.92 Å². The van der Waals surface area contributed by atoms with Crippen molar-refractivity contribution in [1.29, 1.82) is 0 Å². The standard InChI is InChI=1S/C18H15FN4O2/c1-10-6-7-11-12(8-10)13(16(24)22-18(20)21)9-23(17(11)25)15-5-3-2-4-14(15)19/h2-9H,1H3,(H4,20,21,22,24). The Morgan fingerprint density at radius 2 is 1.84 bits per heavy atom. The van der Waals surface area contributed by atoms with Crippen molar-refractivity contribution in [3.05, 3.63) is 76.0 Å². The summed E-state index contributed by atoms with van der Waals surface area (Å²) in [5.74, 6) is -1.69. The smallest absolute Gasteiger partial charge is 0.282 e. The fourth-order valence-corrected chi connectivity index (χ4v) is 2.63. The Bertz CT molecular complexity index is 1080. The van der Waals surface area contributed by atoms with E-state index in [-0.39, 0.29) is 16.6 Å². The number of amides is 1. The first kappa shape index (κ1) is 16.4. The fraction of sp³-hybridized carbons (Fsp3) is 0.0556. The van der Waals surface area contributed by atoms with E-state index in [0.29, 0.717) is 5.39 Å². The first-order chi connectivity index (χ1) is 11.9. The van der Waals surface area contributed by atoms with Crippen molar-refractivity contribution in [2.24, 2.45) is 16.5 Å². The summed E-state index contributed by atoms with van der Waals surface area (Å²) in [6, 6.07) is 10.8. The highest BCUT2D eigenvalue weighted by Crippen LogP contribution is 2.21. The molecule has 0 atom stereocenters. The monoisotopic (exact) mass is 338 g/mol. The van der Waals surface area contributed by atoms with Crippen LogP contribution in [0.4, 0.5) is 4.39 Å². The molecule has 3 aromatic rings. The summed E-state index contributed by atoms with van der Waals surface area (Å²) >= 11 is 0. The summed E-state index contributed by atoms with van der Waals surface area (Å²) in [6.07, 6.45) is 1.26. The van der Waals surface area contributed by atoms with Gasteiger partial charge >= 0.3 is 0 Å². The molecule has 126 valence electrons. The number of carbonyl (C=O) groups is 1. The van der Waals surface area contributed by atoms with Gasteiger partial charge in [-0.3, -0.25) is 14.2 Å². The number of hydrogen-bond donors (Lipinski definition) is 2. The second-order valence-corrected chi connectivity index (χ2v) is 5.56. The molecule has 1 aromatic heterocycles. The molecule has 7 heteroatoms. The molecule has 2 aromatic carbocycles. The molecule has 25 heavy (non-hydrogen) atoms. The summed E-state index contributed by atoms with van der Waals surface area (Å²) in [5.41, 5.74) is 11.1. The molecule has 4 N–H and O–H groups in total. The number of nitrogens with two attached hydrogens (primary N) is 2. The van der Waals surface area contributed by atoms with Crippen LogP contribution in [0, 0.1) is 12.7 Å². The van der Waals surface area contributed by atoms with E-state index < -0.39 is 23.2 Å². The van der Waals surface area contributed by atoms with E-state index in [2.05, 4.69) is 4.99 Å². The zero-order valence-electron chi connectivity index (χ0n) is 13.4. The maximum atomic E-state index is 14.2. The Hall–Kier alpha value is -3.48. The molecule has 0 fully saturated rings. The van der Waals surface area contributed by atoms with Gasteiger partial charge in [0, 0.05) is 17.0 Å². The number of hydrogen-bond acceptors (Lipinski definition) is 2. The molecule has 1 amide bonds. The van der Waals surface area contributed by atoms with Crippen molar-refractivity contribution in [3.8, 4) is 5.69 Å². The first-order valence-electron chi connectivity index (χ1n) is 7.43. The van der Waals surface area contributed by atoms with E-state index in [1.54, 1.807) is 24.3 Å². The highest BCUT2D eigenvalue weighted by molar-refractivity contribution is 6.10. The topological polar surface area (TPSA) is 103 Å². The molecule has 6 nitrogen and oxygen atoms in total. The van der Waals surface area contributed by atoms with E-state index in [9.17, 15) is 14.0 Å². The Kier molecular flexibility index (Phi) is 4.06. The molecule has 1 heterocycles. The van der Waals surface area contributed by atoms with Gasteiger partial charge in [0.1, 0.15) is 5.82 Å². The lowest BCUT2D eigenvalue weighted by Gasteiger charge is -2.12.